The topological polar surface area (TPSA) is 32.7 Å². The lowest BCUT2D eigenvalue weighted by Gasteiger charge is -2.41. The van der Waals surface area contributed by atoms with Crippen molar-refractivity contribution in [3.8, 4) is 0 Å². The molecule has 4 atom stereocenters. The van der Waals surface area contributed by atoms with Gasteiger partial charge < -0.3 is 9.84 Å². The predicted molar refractivity (Wildman–Crippen MR) is 52.7 cm³/mol. The molecule has 0 aliphatic carbocycles. The van der Waals surface area contributed by atoms with Gasteiger partial charge in [-0.05, 0) is 27.7 Å². The molecule has 1 aliphatic rings. The minimum absolute atomic E-state index is 0.223. The molecule has 1 fully saturated rings. The zero-order chi connectivity index (χ0) is 10.0. The Morgan fingerprint density at radius 2 is 2.00 bits per heavy atom. The van der Waals surface area contributed by atoms with Crippen LogP contribution in [0.15, 0.2) is 0 Å². The zero-order valence-corrected chi connectivity index (χ0v) is 9.03. The minimum Gasteiger partial charge on any atom is -0.392 e. The van der Waals surface area contributed by atoms with Gasteiger partial charge in [0.1, 0.15) is 0 Å². The van der Waals surface area contributed by atoms with Crippen LogP contribution in [0.3, 0.4) is 0 Å². The third kappa shape index (κ3) is 2.66. The van der Waals surface area contributed by atoms with Gasteiger partial charge in [0.05, 0.1) is 18.8 Å². The molecule has 0 spiro atoms. The fourth-order valence-electron chi connectivity index (χ4n) is 1.77. The molecule has 1 rings (SSSR count). The Morgan fingerprint density at radius 3 is 2.54 bits per heavy atom. The second kappa shape index (κ2) is 4.40. The Kier molecular flexibility index (Phi) is 3.71. The molecule has 0 saturated carbocycles. The summed E-state index contributed by atoms with van der Waals surface area (Å²) in [6, 6.07) is 0.641. The summed E-state index contributed by atoms with van der Waals surface area (Å²) in [4.78, 5) is 2.32. The Balaban J connectivity index is 2.54. The number of ether oxygens (including phenoxy) is 1. The molecular formula is C10H21NO2. The fourth-order valence-corrected chi connectivity index (χ4v) is 1.77. The number of morpholine rings is 1. The third-order valence-electron chi connectivity index (χ3n) is 2.88. The first-order valence-corrected chi connectivity index (χ1v) is 5.07. The predicted octanol–water partition coefficient (Wildman–Crippen LogP) is 0.865. The summed E-state index contributed by atoms with van der Waals surface area (Å²) in [6.07, 6.45) is 0.0187. The monoisotopic (exact) mass is 187 g/mol. The number of hydrogen-bond donors (Lipinski definition) is 1. The molecule has 0 aromatic rings. The van der Waals surface area contributed by atoms with Crippen LogP contribution < -0.4 is 0 Å². The van der Waals surface area contributed by atoms with Crippen LogP contribution in [0.25, 0.3) is 0 Å². The molecule has 4 unspecified atom stereocenters. The Labute approximate surface area is 80.7 Å². The first-order valence-electron chi connectivity index (χ1n) is 5.07. The van der Waals surface area contributed by atoms with E-state index >= 15 is 0 Å². The van der Waals surface area contributed by atoms with E-state index in [0.717, 1.165) is 13.2 Å². The first-order chi connectivity index (χ1) is 6.02. The van der Waals surface area contributed by atoms with Gasteiger partial charge in [-0.2, -0.15) is 0 Å². The molecule has 0 aromatic carbocycles. The standard InChI is InChI=1S/C10H21NO2/c1-7-6-13-8(2)5-11(7)9(3)10(4)12/h7-10,12H,5-6H2,1-4H3. The first kappa shape index (κ1) is 11.0. The molecular weight excluding hydrogens is 166 g/mol. The van der Waals surface area contributed by atoms with Crippen molar-refractivity contribution >= 4 is 0 Å². The van der Waals surface area contributed by atoms with Crippen molar-refractivity contribution in [2.24, 2.45) is 0 Å². The van der Waals surface area contributed by atoms with Crippen molar-refractivity contribution in [1.82, 2.24) is 4.90 Å². The van der Waals surface area contributed by atoms with Gasteiger partial charge >= 0.3 is 0 Å². The van der Waals surface area contributed by atoms with Crippen molar-refractivity contribution < 1.29 is 9.84 Å². The third-order valence-corrected chi connectivity index (χ3v) is 2.88. The van der Waals surface area contributed by atoms with Gasteiger partial charge in [-0.15, -0.1) is 0 Å². The quantitative estimate of drug-likeness (QED) is 0.696. The zero-order valence-electron chi connectivity index (χ0n) is 9.03. The van der Waals surface area contributed by atoms with Gasteiger partial charge in [0.25, 0.3) is 0 Å². The van der Waals surface area contributed by atoms with Crippen LogP contribution in [-0.2, 0) is 4.74 Å². The van der Waals surface area contributed by atoms with Crippen LogP contribution in [0.5, 0.6) is 0 Å². The lowest BCUT2D eigenvalue weighted by Crippen LogP contribution is -2.54. The molecule has 1 heterocycles. The highest BCUT2D eigenvalue weighted by molar-refractivity contribution is 4.81. The van der Waals surface area contributed by atoms with E-state index < -0.39 is 0 Å². The molecule has 0 radical (unpaired) electrons. The molecule has 13 heavy (non-hydrogen) atoms. The number of nitrogens with zero attached hydrogens (tertiary/aromatic N) is 1. The molecule has 0 aromatic heterocycles. The van der Waals surface area contributed by atoms with Gasteiger partial charge in [0.2, 0.25) is 0 Å². The lowest BCUT2D eigenvalue weighted by molar-refractivity contribution is -0.0806. The van der Waals surface area contributed by atoms with Crippen LogP contribution in [0.4, 0.5) is 0 Å². The largest absolute Gasteiger partial charge is 0.392 e. The maximum absolute atomic E-state index is 9.49. The maximum Gasteiger partial charge on any atom is 0.0674 e. The molecule has 1 N–H and O–H groups in total. The normalized spacial score (nSPS) is 35.8. The molecule has 3 nitrogen and oxygen atoms in total. The van der Waals surface area contributed by atoms with E-state index in [2.05, 4.69) is 25.7 Å². The summed E-state index contributed by atoms with van der Waals surface area (Å²) in [5, 5.41) is 9.49. The van der Waals surface area contributed by atoms with E-state index in [0.29, 0.717) is 6.04 Å². The maximum atomic E-state index is 9.49. The second-order valence-corrected chi connectivity index (χ2v) is 4.17. The Morgan fingerprint density at radius 1 is 1.38 bits per heavy atom. The van der Waals surface area contributed by atoms with E-state index in [9.17, 15) is 5.11 Å². The average molecular weight is 187 g/mol. The Bertz CT molecular complexity index is 161. The summed E-state index contributed by atoms with van der Waals surface area (Å²) in [7, 11) is 0. The van der Waals surface area contributed by atoms with Crippen molar-refractivity contribution in [1.29, 1.82) is 0 Å². The SMILES string of the molecule is CC1CN(C(C)C(C)O)C(C)CO1. The van der Waals surface area contributed by atoms with E-state index in [4.69, 9.17) is 4.74 Å². The number of rotatable bonds is 2. The smallest absolute Gasteiger partial charge is 0.0674 e. The fraction of sp³-hybridized carbons (Fsp3) is 1.00. The highest BCUT2D eigenvalue weighted by atomic mass is 16.5. The van der Waals surface area contributed by atoms with E-state index in [1.807, 2.05) is 6.92 Å². The van der Waals surface area contributed by atoms with Gasteiger partial charge in [-0.25, -0.2) is 0 Å². The van der Waals surface area contributed by atoms with Gasteiger partial charge in [0, 0.05) is 18.6 Å². The molecule has 3 heteroatoms. The van der Waals surface area contributed by atoms with Crippen molar-refractivity contribution in [3.63, 3.8) is 0 Å². The average Bonchev–Trinajstić information content (AvgIpc) is 2.08. The summed E-state index contributed by atoms with van der Waals surface area (Å²) in [5.41, 5.74) is 0. The van der Waals surface area contributed by atoms with Gasteiger partial charge in [-0.1, -0.05) is 0 Å². The number of hydrogen-bond acceptors (Lipinski definition) is 3. The van der Waals surface area contributed by atoms with E-state index in [1.54, 1.807) is 0 Å². The molecule has 1 aliphatic heterocycles. The number of aliphatic hydroxyl groups is 1. The lowest BCUT2D eigenvalue weighted by atomic mass is 10.1. The summed E-state index contributed by atoms with van der Waals surface area (Å²) in [5.74, 6) is 0. The highest BCUT2D eigenvalue weighted by Gasteiger charge is 2.29. The minimum atomic E-state index is -0.271. The van der Waals surface area contributed by atoms with Crippen LogP contribution in [0, 0.1) is 0 Å². The molecule has 0 amide bonds. The van der Waals surface area contributed by atoms with Crippen molar-refractivity contribution in [2.75, 3.05) is 13.2 Å². The highest BCUT2D eigenvalue weighted by Crippen LogP contribution is 2.16. The molecule has 78 valence electrons. The van der Waals surface area contributed by atoms with Crippen LogP contribution in [0.1, 0.15) is 27.7 Å². The second-order valence-electron chi connectivity index (χ2n) is 4.17. The van der Waals surface area contributed by atoms with Gasteiger partial charge in [-0.3, -0.25) is 4.90 Å². The van der Waals surface area contributed by atoms with Gasteiger partial charge in [0.15, 0.2) is 0 Å². The van der Waals surface area contributed by atoms with E-state index in [-0.39, 0.29) is 18.2 Å². The summed E-state index contributed by atoms with van der Waals surface area (Å²) < 4.78 is 5.53. The number of aliphatic hydroxyl groups excluding tert-OH is 1. The van der Waals surface area contributed by atoms with Crippen LogP contribution in [-0.4, -0.2) is 47.4 Å². The Hall–Kier alpha value is -0.120. The molecule has 1 saturated heterocycles. The van der Waals surface area contributed by atoms with E-state index in [1.165, 1.54) is 0 Å². The van der Waals surface area contributed by atoms with Crippen molar-refractivity contribution in [3.05, 3.63) is 0 Å². The van der Waals surface area contributed by atoms with Crippen LogP contribution >= 0.6 is 0 Å². The molecule has 0 bridgehead atoms. The summed E-state index contributed by atoms with van der Waals surface area (Å²) >= 11 is 0. The summed E-state index contributed by atoms with van der Waals surface area (Å²) in [6.45, 7) is 9.83. The van der Waals surface area contributed by atoms with Crippen molar-refractivity contribution in [2.45, 2.75) is 52.0 Å². The van der Waals surface area contributed by atoms with Crippen LogP contribution in [0.2, 0.25) is 0 Å².